The van der Waals surface area contributed by atoms with E-state index in [2.05, 4.69) is 34.3 Å². The van der Waals surface area contributed by atoms with Crippen molar-refractivity contribution in [2.24, 2.45) is 0 Å². The molecule has 4 nitrogen and oxygen atoms in total. The van der Waals surface area contributed by atoms with Gasteiger partial charge < -0.3 is 10.1 Å². The second-order valence-electron chi connectivity index (χ2n) is 5.88. The van der Waals surface area contributed by atoms with Crippen molar-refractivity contribution in [2.75, 3.05) is 32.8 Å². The monoisotopic (exact) mass is 291 g/mol. The SMILES string of the molecule is CCCNCc1cc(C)nc(OCCN2CCCCC2)c1. The van der Waals surface area contributed by atoms with Gasteiger partial charge in [-0.2, -0.15) is 0 Å². The van der Waals surface area contributed by atoms with E-state index < -0.39 is 0 Å². The van der Waals surface area contributed by atoms with Crippen LogP contribution in [0.25, 0.3) is 0 Å². The summed E-state index contributed by atoms with van der Waals surface area (Å²) < 4.78 is 5.86. The number of hydrogen-bond donors (Lipinski definition) is 1. The lowest BCUT2D eigenvalue weighted by Gasteiger charge is -2.26. The fraction of sp³-hybridized carbons (Fsp3) is 0.706. The number of rotatable bonds is 8. The van der Waals surface area contributed by atoms with Gasteiger partial charge in [0.05, 0.1) is 0 Å². The highest BCUT2D eigenvalue weighted by Gasteiger charge is 2.10. The minimum Gasteiger partial charge on any atom is -0.476 e. The van der Waals surface area contributed by atoms with Gasteiger partial charge in [-0.1, -0.05) is 13.3 Å². The Bertz CT molecular complexity index is 416. The first-order chi connectivity index (χ1) is 10.3. The van der Waals surface area contributed by atoms with Crippen molar-refractivity contribution in [1.29, 1.82) is 0 Å². The van der Waals surface area contributed by atoms with Crippen LogP contribution in [0.4, 0.5) is 0 Å². The molecule has 0 aromatic carbocycles. The first kappa shape index (κ1) is 16.2. The fourth-order valence-corrected chi connectivity index (χ4v) is 2.75. The number of aromatic nitrogens is 1. The summed E-state index contributed by atoms with van der Waals surface area (Å²) in [5, 5.41) is 3.42. The number of nitrogens with zero attached hydrogens (tertiary/aromatic N) is 2. The minimum absolute atomic E-state index is 0.734. The molecule has 1 aromatic rings. The minimum atomic E-state index is 0.734. The summed E-state index contributed by atoms with van der Waals surface area (Å²) in [5.74, 6) is 0.764. The Morgan fingerprint density at radius 3 is 2.81 bits per heavy atom. The van der Waals surface area contributed by atoms with Gasteiger partial charge in [-0.05, 0) is 57.5 Å². The zero-order chi connectivity index (χ0) is 14.9. The molecule has 1 aliphatic rings. The van der Waals surface area contributed by atoms with Crippen LogP contribution < -0.4 is 10.1 Å². The van der Waals surface area contributed by atoms with Gasteiger partial charge in [0.15, 0.2) is 0 Å². The van der Waals surface area contributed by atoms with E-state index in [-0.39, 0.29) is 0 Å². The van der Waals surface area contributed by atoms with E-state index in [0.717, 1.165) is 44.2 Å². The zero-order valence-electron chi connectivity index (χ0n) is 13.5. The molecular formula is C17H29N3O. The first-order valence-corrected chi connectivity index (χ1v) is 8.31. The van der Waals surface area contributed by atoms with Crippen LogP contribution in [0.2, 0.25) is 0 Å². The molecule has 1 aromatic heterocycles. The van der Waals surface area contributed by atoms with Gasteiger partial charge in [0.1, 0.15) is 6.61 Å². The third-order valence-electron chi connectivity index (χ3n) is 3.85. The predicted molar refractivity (Wildman–Crippen MR) is 86.8 cm³/mol. The molecule has 21 heavy (non-hydrogen) atoms. The Hall–Kier alpha value is -1.13. The fourth-order valence-electron chi connectivity index (χ4n) is 2.75. The van der Waals surface area contributed by atoms with E-state index >= 15 is 0 Å². The van der Waals surface area contributed by atoms with Gasteiger partial charge in [-0.15, -0.1) is 0 Å². The van der Waals surface area contributed by atoms with E-state index in [4.69, 9.17) is 4.74 Å². The van der Waals surface area contributed by atoms with Crippen LogP contribution in [0.1, 0.15) is 43.9 Å². The maximum Gasteiger partial charge on any atom is 0.213 e. The molecule has 0 bridgehead atoms. The lowest BCUT2D eigenvalue weighted by Crippen LogP contribution is -2.33. The average molecular weight is 291 g/mol. The van der Waals surface area contributed by atoms with Crippen LogP contribution in [0.5, 0.6) is 5.88 Å². The Kier molecular flexibility index (Phi) is 6.96. The molecule has 0 saturated carbocycles. The van der Waals surface area contributed by atoms with Crippen molar-refractivity contribution in [2.45, 2.75) is 46.1 Å². The van der Waals surface area contributed by atoms with Crippen molar-refractivity contribution in [1.82, 2.24) is 15.2 Å². The number of ether oxygens (including phenoxy) is 1. The van der Waals surface area contributed by atoms with Gasteiger partial charge in [0.2, 0.25) is 5.88 Å². The molecule has 4 heteroatoms. The summed E-state index contributed by atoms with van der Waals surface area (Å²) in [6.07, 6.45) is 5.19. The predicted octanol–water partition coefficient (Wildman–Crippen LogP) is 2.75. The summed E-state index contributed by atoms with van der Waals surface area (Å²) in [5.41, 5.74) is 2.28. The van der Waals surface area contributed by atoms with Crippen molar-refractivity contribution in [3.8, 4) is 5.88 Å². The molecular weight excluding hydrogens is 262 g/mol. The average Bonchev–Trinajstić information content (AvgIpc) is 2.48. The van der Waals surface area contributed by atoms with E-state index in [9.17, 15) is 0 Å². The van der Waals surface area contributed by atoms with Crippen LogP contribution in [0.3, 0.4) is 0 Å². The standard InChI is InChI=1S/C17H29N3O/c1-3-7-18-14-16-12-15(2)19-17(13-16)21-11-10-20-8-5-4-6-9-20/h12-13,18H,3-11,14H2,1-2H3. The first-order valence-electron chi connectivity index (χ1n) is 8.31. The Morgan fingerprint density at radius 2 is 2.05 bits per heavy atom. The third-order valence-corrected chi connectivity index (χ3v) is 3.85. The second-order valence-corrected chi connectivity index (χ2v) is 5.88. The van der Waals surface area contributed by atoms with Crippen LogP contribution in [0, 0.1) is 6.92 Å². The summed E-state index contributed by atoms with van der Waals surface area (Å²) in [6.45, 7) is 10.3. The normalized spacial score (nSPS) is 16.1. The quantitative estimate of drug-likeness (QED) is 0.747. The second kappa shape index (κ2) is 9.00. The Morgan fingerprint density at radius 1 is 1.24 bits per heavy atom. The van der Waals surface area contributed by atoms with E-state index in [1.54, 1.807) is 0 Å². The number of nitrogens with one attached hydrogen (secondary N) is 1. The molecule has 0 radical (unpaired) electrons. The van der Waals surface area contributed by atoms with Crippen LogP contribution >= 0.6 is 0 Å². The molecule has 1 aliphatic heterocycles. The summed E-state index contributed by atoms with van der Waals surface area (Å²) in [7, 11) is 0. The molecule has 1 fully saturated rings. The lowest BCUT2D eigenvalue weighted by atomic mass is 10.1. The van der Waals surface area contributed by atoms with E-state index in [1.807, 2.05) is 6.92 Å². The highest BCUT2D eigenvalue weighted by atomic mass is 16.5. The molecule has 1 N–H and O–H groups in total. The van der Waals surface area contributed by atoms with Crippen LogP contribution in [0.15, 0.2) is 12.1 Å². The van der Waals surface area contributed by atoms with Gasteiger partial charge >= 0.3 is 0 Å². The van der Waals surface area contributed by atoms with Gasteiger partial charge in [0, 0.05) is 24.8 Å². The zero-order valence-corrected chi connectivity index (χ0v) is 13.5. The highest BCUT2D eigenvalue weighted by molar-refractivity contribution is 5.24. The molecule has 1 saturated heterocycles. The maximum atomic E-state index is 5.86. The van der Waals surface area contributed by atoms with Crippen molar-refractivity contribution in [3.63, 3.8) is 0 Å². The van der Waals surface area contributed by atoms with Crippen molar-refractivity contribution in [3.05, 3.63) is 23.4 Å². The number of hydrogen-bond acceptors (Lipinski definition) is 4. The van der Waals surface area contributed by atoms with Crippen molar-refractivity contribution >= 4 is 0 Å². The van der Waals surface area contributed by atoms with Crippen LogP contribution in [-0.2, 0) is 6.54 Å². The number of piperidine rings is 1. The molecule has 0 aliphatic carbocycles. The number of likely N-dealkylation sites (tertiary alicyclic amines) is 1. The molecule has 0 unspecified atom stereocenters. The molecule has 118 valence electrons. The number of pyridine rings is 1. The third kappa shape index (κ3) is 6.02. The molecule has 2 heterocycles. The van der Waals surface area contributed by atoms with Crippen molar-refractivity contribution < 1.29 is 4.74 Å². The molecule has 2 rings (SSSR count). The Labute approximate surface area is 128 Å². The molecule has 0 spiro atoms. The lowest BCUT2D eigenvalue weighted by molar-refractivity contribution is 0.180. The highest BCUT2D eigenvalue weighted by Crippen LogP contribution is 2.13. The summed E-state index contributed by atoms with van der Waals surface area (Å²) >= 11 is 0. The van der Waals surface area contributed by atoms with E-state index in [0.29, 0.717) is 0 Å². The number of aryl methyl sites for hydroxylation is 1. The smallest absolute Gasteiger partial charge is 0.213 e. The largest absolute Gasteiger partial charge is 0.476 e. The maximum absolute atomic E-state index is 5.86. The molecule has 0 amide bonds. The van der Waals surface area contributed by atoms with Gasteiger partial charge in [0.25, 0.3) is 0 Å². The van der Waals surface area contributed by atoms with Gasteiger partial charge in [-0.3, -0.25) is 4.90 Å². The summed E-state index contributed by atoms with van der Waals surface area (Å²) in [4.78, 5) is 6.97. The molecule has 0 atom stereocenters. The van der Waals surface area contributed by atoms with Gasteiger partial charge in [-0.25, -0.2) is 4.98 Å². The summed E-state index contributed by atoms with van der Waals surface area (Å²) in [6, 6.07) is 4.19. The van der Waals surface area contributed by atoms with E-state index in [1.165, 1.54) is 37.9 Å². The topological polar surface area (TPSA) is 37.4 Å². The Balaban J connectivity index is 1.78. The van der Waals surface area contributed by atoms with Crippen LogP contribution in [-0.4, -0.2) is 42.7 Å².